The molecule has 0 unspecified atom stereocenters. The smallest absolute Gasteiger partial charge is 0.196 e. The van der Waals surface area contributed by atoms with E-state index in [-0.39, 0.29) is 28.4 Å². The lowest BCUT2D eigenvalue weighted by Crippen LogP contribution is -2.22. The molecule has 3 rings (SSSR count). The molecule has 0 bridgehead atoms. The first kappa shape index (κ1) is 12.2. The lowest BCUT2D eigenvalue weighted by molar-refractivity contribution is 0.0979. The van der Waals surface area contributed by atoms with E-state index in [0.717, 1.165) is 6.07 Å². The Hall–Kier alpha value is -2.82. The summed E-state index contributed by atoms with van der Waals surface area (Å²) in [5.41, 5.74) is 0.844. The van der Waals surface area contributed by atoms with Crippen molar-refractivity contribution in [3.8, 4) is 11.5 Å². The average molecular weight is 269 g/mol. The van der Waals surface area contributed by atoms with E-state index in [4.69, 9.17) is 0 Å². The van der Waals surface area contributed by atoms with Crippen molar-refractivity contribution in [3.63, 3.8) is 0 Å². The van der Waals surface area contributed by atoms with Gasteiger partial charge in [-0.1, -0.05) is 24.3 Å². The van der Waals surface area contributed by atoms with Crippen molar-refractivity contribution in [1.29, 1.82) is 0 Å². The number of fused-ring (bicyclic) bond motifs is 2. The van der Waals surface area contributed by atoms with E-state index in [1.807, 2.05) is 0 Å². The highest BCUT2D eigenvalue weighted by Crippen LogP contribution is 2.42. The zero-order valence-electron chi connectivity index (χ0n) is 10.6. The minimum Gasteiger partial charge on any atom is -0.504 e. The third-order valence-electron chi connectivity index (χ3n) is 3.42. The summed E-state index contributed by atoms with van der Waals surface area (Å²) in [7, 11) is 1.51. The van der Waals surface area contributed by atoms with Crippen molar-refractivity contribution in [3.05, 3.63) is 52.6 Å². The van der Waals surface area contributed by atoms with Gasteiger partial charge in [-0.15, -0.1) is 0 Å². The maximum absolute atomic E-state index is 12.5. The minimum absolute atomic E-state index is 0.0628. The van der Waals surface area contributed by atoms with Crippen LogP contribution < -0.4 is 5.32 Å². The Morgan fingerprint density at radius 2 is 1.55 bits per heavy atom. The average Bonchev–Trinajstić information content (AvgIpc) is 2.47. The Kier molecular flexibility index (Phi) is 2.50. The number of nitrogens with one attached hydrogen (secondary N) is 1. The number of anilines is 1. The molecule has 0 spiro atoms. The number of hydrogen-bond acceptors (Lipinski definition) is 5. The van der Waals surface area contributed by atoms with Crippen LogP contribution in [0, 0.1) is 0 Å². The zero-order chi connectivity index (χ0) is 14.4. The van der Waals surface area contributed by atoms with Gasteiger partial charge >= 0.3 is 0 Å². The minimum atomic E-state index is -0.438. The van der Waals surface area contributed by atoms with E-state index in [0.29, 0.717) is 11.1 Å². The summed E-state index contributed by atoms with van der Waals surface area (Å²) in [6.07, 6.45) is 0. The fourth-order valence-electron chi connectivity index (χ4n) is 2.48. The van der Waals surface area contributed by atoms with E-state index >= 15 is 0 Å². The predicted octanol–water partition coefficient (Wildman–Crippen LogP) is 1.91. The fraction of sp³-hybridized carbons (Fsp3) is 0.0667. The molecule has 1 aliphatic carbocycles. The molecule has 0 atom stereocenters. The van der Waals surface area contributed by atoms with Gasteiger partial charge in [0.05, 0.1) is 11.3 Å². The molecule has 0 saturated carbocycles. The third-order valence-corrected chi connectivity index (χ3v) is 3.42. The van der Waals surface area contributed by atoms with Gasteiger partial charge in [0.15, 0.2) is 23.1 Å². The maximum Gasteiger partial charge on any atom is 0.196 e. The number of phenolic OH excluding ortho intramolecular Hbond substituents is 2. The molecule has 20 heavy (non-hydrogen) atoms. The Labute approximate surface area is 114 Å². The van der Waals surface area contributed by atoms with Gasteiger partial charge in [-0.2, -0.15) is 0 Å². The summed E-state index contributed by atoms with van der Waals surface area (Å²) in [6, 6.07) is 7.62. The molecule has 2 aromatic rings. The summed E-state index contributed by atoms with van der Waals surface area (Å²) >= 11 is 0. The number of phenols is 2. The molecule has 5 nitrogen and oxygen atoms in total. The van der Waals surface area contributed by atoms with E-state index in [1.54, 1.807) is 24.3 Å². The van der Waals surface area contributed by atoms with E-state index in [9.17, 15) is 19.8 Å². The lowest BCUT2D eigenvalue weighted by atomic mass is 9.83. The van der Waals surface area contributed by atoms with Crippen molar-refractivity contribution < 1.29 is 19.8 Å². The molecule has 2 aromatic carbocycles. The number of carbonyl (C=O) groups is 2. The number of aromatic hydroxyl groups is 2. The summed E-state index contributed by atoms with van der Waals surface area (Å²) in [6.45, 7) is 0. The number of rotatable bonds is 1. The van der Waals surface area contributed by atoms with Crippen molar-refractivity contribution in [1.82, 2.24) is 0 Å². The van der Waals surface area contributed by atoms with Crippen LogP contribution in [-0.2, 0) is 0 Å². The first-order valence-electron chi connectivity index (χ1n) is 6.01. The summed E-state index contributed by atoms with van der Waals surface area (Å²) < 4.78 is 0. The summed E-state index contributed by atoms with van der Waals surface area (Å²) in [5, 5.41) is 22.2. The Morgan fingerprint density at radius 1 is 0.950 bits per heavy atom. The topological polar surface area (TPSA) is 86.6 Å². The van der Waals surface area contributed by atoms with E-state index < -0.39 is 11.5 Å². The van der Waals surface area contributed by atoms with Gasteiger partial charge in [0.2, 0.25) is 0 Å². The molecule has 100 valence electrons. The zero-order valence-corrected chi connectivity index (χ0v) is 10.6. The number of benzene rings is 2. The maximum atomic E-state index is 12.5. The molecule has 0 heterocycles. The van der Waals surface area contributed by atoms with Gasteiger partial charge in [0.1, 0.15) is 0 Å². The summed E-state index contributed by atoms with van der Waals surface area (Å²) in [5.74, 6) is -1.57. The predicted molar refractivity (Wildman–Crippen MR) is 72.6 cm³/mol. The Morgan fingerprint density at radius 3 is 2.15 bits per heavy atom. The van der Waals surface area contributed by atoms with Crippen LogP contribution in [0.25, 0.3) is 0 Å². The van der Waals surface area contributed by atoms with Crippen LogP contribution >= 0.6 is 0 Å². The van der Waals surface area contributed by atoms with Crippen LogP contribution in [0.1, 0.15) is 31.8 Å². The number of carbonyl (C=O) groups excluding carboxylic acids is 2. The fourth-order valence-corrected chi connectivity index (χ4v) is 2.48. The Balaban J connectivity index is 2.39. The first-order chi connectivity index (χ1) is 9.56. The monoisotopic (exact) mass is 269 g/mol. The second-order valence-electron chi connectivity index (χ2n) is 4.50. The van der Waals surface area contributed by atoms with Crippen LogP contribution in [0.5, 0.6) is 11.5 Å². The van der Waals surface area contributed by atoms with Gasteiger partial charge in [-0.3, -0.25) is 9.59 Å². The molecule has 0 amide bonds. The normalized spacial score (nSPS) is 12.8. The standard InChI is InChI=1S/C15H11NO4/c1-16-12-11-9(6-10(17)15(12)20)13(18)7-4-2-3-5-8(7)14(11)19/h2-6,16-17,20H,1H3. The van der Waals surface area contributed by atoms with Crippen LogP contribution in [0.2, 0.25) is 0 Å². The van der Waals surface area contributed by atoms with Crippen molar-refractivity contribution in [2.75, 3.05) is 12.4 Å². The van der Waals surface area contributed by atoms with Gasteiger partial charge in [0, 0.05) is 23.7 Å². The van der Waals surface area contributed by atoms with Gasteiger partial charge < -0.3 is 15.5 Å². The van der Waals surface area contributed by atoms with E-state index in [2.05, 4.69) is 5.32 Å². The molecule has 0 fully saturated rings. The van der Waals surface area contributed by atoms with Crippen molar-refractivity contribution in [2.24, 2.45) is 0 Å². The molecule has 0 radical (unpaired) electrons. The molecule has 5 heteroatoms. The first-order valence-corrected chi connectivity index (χ1v) is 6.01. The highest BCUT2D eigenvalue weighted by Gasteiger charge is 2.33. The molecular formula is C15H11NO4. The van der Waals surface area contributed by atoms with Crippen LogP contribution in [0.4, 0.5) is 5.69 Å². The van der Waals surface area contributed by atoms with Crippen molar-refractivity contribution in [2.45, 2.75) is 0 Å². The van der Waals surface area contributed by atoms with Crippen LogP contribution in [0.3, 0.4) is 0 Å². The highest BCUT2D eigenvalue weighted by atomic mass is 16.3. The van der Waals surface area contributed by atoms with Gasteiger partial charge in [-0.05, 0) is 6.07 Å². The molecule has 0 aliphatic heterocycles. The largest absolute Gasteiger partial charge is 0.504 e. The summed E-state index contributed by atoms with van der Waals surface area (Å²) in [4.78, 5) is 24.9. The molecule has 1 aliphatic rings. The van der Waals surface area contributed by atoms with Crippen LogP contribution in [-0.4, -0.2) is 28.8 Å². The quantitative estimate of drug-likeness (QED) is 0.587. The number of hydrogen-bond donors (Lipinski definition) is 3. The Bertz CT molecular complexity index is 765. The third kappa shape index (κ3) is 1.43. The second-order valence-corrected chi connectivity index (χ2v) is 4.50. The SMILES string of the molecule is CNc1c(O)c(O)cc2c1C(=O)c1ccccc1C2=O. The van der Waals surface area contributed by atoms with Gasteiger partial charge in [-0.25, -0.2) is 0 Å². The molecule has 3 N–H and O–H groups in total. The molecule has 0 aromatic heterocycles. The number of ketones is 2. The van der Waals surface area contributed by atoms with Crippen LogP contribution in [0.15, 0.2) is 30.3 Å². The highest BCUT2D eigenvalue weighted by molar-refractivity contribution is 6.30. The van der Waals surface area contributed by atoms with Gasteiger partial charge in [0.25, 0.3) is 0 Å². The molecule has 0 saturated heterocycles. The van der Waals surface area contributed by atoms with E-state index in [1.165, 1.54) is 7.05 Å². The molecular weight excluding hydrogens is 258 g/mol. The second kappa shape index (κ2) is 4.09. The lowest BCUT2D eigenvalue weighted by Gasteiger charge is -2.21. The van der Waals surface area contributed by atoms with Crippen molar-refractivity contribution >= 4 is 17.3 Å².